The Hall–Kier alpha value is -1.78. The molecular weight excluding hydrogens is 316 g/mol. The zero-order chi connectivity index (χ0) is 15.4. The van der Waals surface area contributed by atoms with Crippen LogP contribution in [0, 0.1) is 5.82 Å². The Balaban J connectivity index is 2.08. The van der Waals surface area contributed by atoms with Crippen molar-refractivity contribution in [3.63, 3.8) is 0 Å². The molecule has 0 aromatic heterocycles. The van der Waals surface area contributed by atoms with E-state index in [0.29, 0.717) is 21.3 Å². The Bertz CT molecular complexity index is 677. The van der Waals surface area contributed by atoms with Gasteiger partial charge >= 0.3 is 0 Å². The molecule has 0 heterocycles. The number of anilines is 1. The van der Waals surface area contributed by atoms with Crippen LogP contribution < -0.4 is 10.1 Å². The van der Waals surface area contributed by atoms with Gasteiger partial charge in [-0.15, -0.1) is 0 Å². The highest BCUT2D eigenvalue weighted by Crippen LogP contribution is 2.25. The number of rotatable bonds is 4. The second-order valence-electron chi connectivity index (χ2n) is 4.32. The van der Waals surface area contributed by atoms with Crippen LogP contribution in [-0.2, 0) is 11.2 Å². The summed E-state index contributed by atoms with van der Waals surface area (Å²) in [4.78, 5) is 11.9. The van der Waals surface area contributed by atoms with Crippen LogP contribution in [0.25, 0.3) is 0 Å². The minimum Gasteiger partial charge on any atom is -0.494 e. The molecule has 0 saturated heterocycles. The molecule has 0 fully saturated rings. The number of benzene rings is 2. The molecule has 0 radical (unpaired) electrons. The van der Waals surface area contributed by atoms with Gasteiger partial charge in [0, 0.05) is 5.02 Å². The molecule has 6 heteroatoms. The van der Waals surface area contributed by atoms with E-state index in [4.69, 9.17) is 27.9 Å². The van der Waals surface area contributed by atoms with Gasteiger partial charge in [0.2, 0.25) is 5.91 Å². The summed E-state index contributed by atoms with van der Waals surface area (Å²) in [7, 11) is 1.38. The number of halogens is 3. The fourth-order valence-corrected chi connectivity index (χ4v) is 2.13. The second kappa shape index (κ2) is 6.78. The van der Waals surface area contributed by atoms with Gasteiger partial charge in [-0.05, 0) is 35.9 Å². The molecule has 0 saturated carbocycles. The lowest BCUT2D eigenvalue weighted by Crippen LogP contribution is -2.14. The van der Waals surface area contributed by atoms with Gasteiger partial charge < -0.3 is 10.1 Å². The molecule has 0 unspecified atom stereocenters. The molecule has 0 atom stereocenters. The van der Waals surface area contributed by atoms with E-state index < -0.39 is 5.82 Å². The number of carbonyl (C=O) groups is 1. The van der Waals surface area contributed by atoms with E-state index >= 15 is 0 Å². The number of hydrogen-bond donors (Lipinski definition) is 1. The second-order valence-corrected chi connectivity index (χ2v) is 5.16. The van der Waals surface area contributed by atoms with Gasteiger partial charge in [-0.3, -0.25) is 4.79 Å². The number of methoxy groups -OCH3 is 1. The van der Waals surface area contributed by atoms with Crippen LogP contribution in [0.4, 0.5) is 10.1 Å². The van der Waals surface area contributed by atoms with Crippen LogP contribution in [0.1, 0.15) is 5.56 Å². The quantitative estimate of drug-likeness (QED) is 0.908. The topological polar surface area (TPSA) is 38.3 Å². The van der Waals surface area contributed by atoms with E-state index in [1.807, 2.05) is 0 Å². The average Bonchev–Trinajstić information content (AvgIpc) is 2.43. The molecule has 1 N–H and O–H groups in total. The van der Waals surface area contributed by atoms with Crippen molar-refractivity contribution in [1.82, 2.24) is 0 Å². The number of nitrogens with one attached hydrogen (secondary N) is 1. The molecule has 0 spiro atoms. The summed E-state index contributed by atoms with van der Waals surface area (Å²) >= 11 is 11.8. The van der Waals surface area contributed by atoms with Gasteiger partial charge in [0.1, 0.15) is 0 Å². The van der Waals surface area contributed by atoms with Crippen LogP contribution in [0.15, 0.2) is 36.4 Å². The van der Waals surface area contributed by atoms with E-state index in [9.17, 15) is 9.18 Å². The lowest BCUT2D eigenvalue weighted by atomic mass is 10.1. The van der Waals surface area contributed by atoms with Gasteiger partial charge in [0.05, 0.1) is 24.2 Å². The summed E-state index contributed by atoms with van der Waals surface area (Å²) in [5.41, 5.74) is 0.951. The monoisotopic (exact) mass is 327 g/mol. The number of ether oxygens (including phenoxy) is 1. The van der Waals surface area contributed by atoms with Crippen LogP contribution in [0.3, 0.4) is 0 Å². The van der Waals surface area contributed by atoms with E-state index in [2.05, 4.69) is 5.32 Å². The van der Waals surface area contributed by atoms with Crippen LogP contribution in [0.5, 0.6) is 5.75 Å². The number of amides is 1. The Kier molecular flexibility index (Phi) is 5.04. The average molecular weight is 328 g/mol. The molecule has 0 aliphatic rings. The third kappa shape index (κ3) is 4.09. The van der Waals surface area contributed by atoms with Crippen molar-refractivity contribution < 1.29 is 13.9 Å². The summed E-state index contributed by atoms with van der Waals surface area (Å²) in [6, 6.07) is 9.13. The lowest BCUT2D eigenvalue weighted by molar-refractivity contribution is -0.115. The van der Waals surface area contributed by atoms with E-state index in [1.54, 1.807) is 24.3 Å². The number of hydrogen-bond acceptors (Lipinski definition) is 2. The summed E-state index contributed by atoms with van der Waals surface area (Å²) < 4.78 is 18.4. The molecular formula is C15H12Cl2FNO2. The highest BCUT2D eigenvalue weighted by Gasteiger charge is 2.10. The van der Waals surface area contributed by atoms with Gasteiger partial charge in [0.25, 0.3) is 0 Å². The van der Waals surface area contributed by atoms with Crippen molar-refractivity contribution >= 4 is 34.8 Å². The highest BCUT2D eigenvalue weighted by molar-refractivity contribution is 6.35. The van der Waals surface area contributed by atoms with Gasteiger partial charge in [-0.2, -0.15) is 0 Å². The largest absolute Gasteiger partial charge is 0.494 e. The van der Waals surface area contributed by atoms with E-state index in [0.717, 1.165) is 0 Å². The molecule has 3 nitrogen and oxygen atoms in total. The van der Waals surface area contributed by atoms with Gasteiger partial charge in [0.15, 0.2) is 11.6 Å². The molecule has 2 aromatic rings. The molecule has 1 amide bonds. The number of carbonyl (C=O) groups excluding carboxylic acids is 1. The van der Waals surface area contributed by atoms with E-state index in [-0.39, 0.29) is 18.1 Å². The Labute approximate surface area is 131 Å². The van der Waals surface area contributed by atoms with Crippen molar-refractivity contribution in [3.05, 3.63) is 57.8 Å². The van der Waals surface area contributed by atoms with Gasteiger partial charge in [-0.1, -0.05) is 29.3 Å². The maximum Gasteiger partial charge on any atom is 0.228 e. The van der Waals surface area contributed by atoms with Crippen molar-refractivity contribution in [2.75, 3.05) is 12.4 Å². The van der Waals surface area contributed by atoms with Crippen molar-refractivity contribution in [2.24, 2.45) is 0 Å². The summed E-state index contributed by atoms with van der Waals surface area (Å²) in [5, 5.41) is 3.48. The van der Waals surface area contributed by atoms with Crippen LogP contribution >= 0.6 is 23.2 Å². The minimum atomic E-state index is -0.511. The summed E-state index contributed by atoms with van der Waals surface area (Å²) in [6.45, 7) is 0. The third-order valence-corrected chi connectivity index (χ3v) is 3.35. The molecule has 110 valence electrons. The highest BCUT2D eigenvalue weighted by atomic mass is 35.5. The van der Waals surface area contributed by atoms with E-state index in [1.165, 1.54) is 19.2 Å². The first kappa shape index (κ1) is 15.6. The minimum absolute atomic E-state index is 0.0176. The zero-order valence-corrected chi connectivity index (χ0v) is 12.6. The SMILES string of the molecule is COc1ccc(CC(=O)Nc2cc(Cl)ccc2Cl)cc1F. The standard InChI is InChI=1S/C15H12Cl2FNO2/c1-21-14-5-2-9(6-12(14)18)7-15(20)19-13-8-10(16)3-4-11(13)17/h2-6,8H,7H2,1H3,(H,19,20). The fraction of sp³-hybridized carbons (Fsp3) is 0.133. The van der Waals surface area contributed by atoms with Crippen LogP contribution in [0.2, 0.25) is 10.0 Å². The Morgan fingerprint density at radius 3 is 2.67 bits per heavy atom. The molecule has 0 bridgehead atoms. The summed E-state index contributed by atoms with van der Waals surface area (Å²) in [6.07, 6.45) is 0.0176. The van der Waals surface area contributed by atoms with Crippen molar-refractivity contribution in [3.8, 4) is 5.75 Å². The molecule has 0 aliphatic heterocycles. The zero-order valence-electron chi connectivity index (χ0n) is 11.1. The molecule has 0 aliphatic carbocycles. The van der Waals surface area contributed by atoms with Gasteiger partial charge in [-0.25, -0.2) is 4.39 Å². The first-order valence-electron chi connectivity index (χ1n) is 6.07. The molecule has 2 aromatic carbocycles. The normalized spacial score (nSPS) is 10.3. The van der Waals surface area contributed by atoms with Crippen molar-refractivity contribution in [1.29, 1.82) is 0 Å². The van der Waals surface area contributed by atoms with Crippen molar-refractivity contribution in [2.45, 2.75) is 6.42 Å². The summed E-state index contributed by atoms with van der Waals surface area (Å²) in [5.74, 6) is -0.690. The molecule has 2 rings (SSSR count). The lowest BCUT2D eigenvalue weighted by Gasteiger charge is -2.08. The third-order valence-electron chi connectivity index (χ3n) is 2.78. The predicted molar refractivity (Wildman–Crippen MR) is 81.7 cm³/mol. The maximum absolute atomic E-state index is 13.5. The smallest absolute Gasteiger partial charge is 0.228 e. The Morgan fingerprint density at radius 1 is 1.24 bits per heavy atom. The first-order valence-corrected chi connectivity index (χ1v) is 6.82. The predicted octanol–water partition coefficient (Wildman–Crippen LogP) is 4.32. The fourth-order valence-electron chi connectivity index (χ4n) is 1.79. The Morgan fingerprint density at radius 2 is 2.00 bits per heavy atom. The first-order chi connectivity index (χ1) is 9.99. The maximum atomic E-state index is 13.5. The van der Waals surface area contributed by atoms with Crippen LogP contribution in [-0.4, -0.2) is 13.0 Å². The molecule has 21 heavy (non-hydrogen) atoms.